The number of nitrogens with zero attached hydrogens (tertiary/aromatic N) is 2. The van der Waals surface area contributed by atoms with Crippen molar-refractivity contribution in [3.63, 3.8) is 0 Å². The van der Waals surface area contributed by atoms with Crippen molar-refractivity contribution >= 4 is 22.0 Å². The Bertz CT molecular complexity index is 303. The number of likely N-dealkylation sites (tertiary alicyclic amines) is 2. The second kappa shape index (κ2) is 5.37. The zero-order valence-electron chi connectivity index (χ0n) is 11.5. The highest BCUT2D eigenvalue weighted by Crippen LogP contribution is 2.24. The normalized spacial score (nSPS) is 23.9. The van der Waals surface area contributed by atoms with Crippen LogP contribution < -0.4 is 0 Å². The molecule has 4 nitrogen and oxygen atoms in total. The van der Waals surface area contributed by atoms with E-state index in [1.807, 2.05) is 20.8 Å². The molecule has 2 rings (SSSR count). The van der Waals surface area contributed by atoms with E-state index in [-0.39, 0.29) is 6.09 Å². The summed E-state index contributed by atoms with van der Waals surface area (Å²) >= 11 is 3.66. The molecule has 2 aliphatic rings. The van der Waals surface area contributed by atoms with Gasteiger partial charge in [0.1, 0.15) is 5.60 Å². The molecule has 0 saturated carbocycles. The molecule has 0 unspecified atom stereocenters. The van der Waals surface area contributed by atoms with Gasteiger partial charge in [0.15, 0.2) is 0 Å². The van der Waals surface area contributed by atoms with Crippen molar-refractivity contribution < 1.29 is 9.53 Å². The van der Waals surface area contributed by atoms with Gasteiger partial charge in [-0.3, -0.25) is 4.90 Å². The molecule has 2 heterocycles. The fourth-order valence-electron chi connectivity index (χ4n) is 2.39. The summed E-state index contributed by atoms with van der Waals surface area (Å²) in [4.78, 5) is 16.8. The van der Waals surface area contributed by atoms with E-state index in [9.17, 15) is 4.79 Å². The number of halogens is 1. The topological polar surface area (TPSA) is 32.8 Å². The molecule has 0 aromatic heterocycles. The summed E-state index contributed by atoms with van der Waals surface area (Å²) in [5.41, 5.74) is -0.392. The van der Waals surface area contributed by atoms with Gasteiger partial charge in [0, 0.05) is 24.0 Å². The summed E-state index contributed by atoms with van der Waals surface area (Å²) in [6.45, 7) is 9.64. The third-order valence-electron chi connectivity index (χ3n) is 3.49. The Morgan fingerprint density at radius 1 is 1.22 bits per heavy atom. The Balaban J connectivity index is 1.72. The molecule has 0 aromatic carbocycles. The average Bonchev–Trinajstić information content (AvgIpc) is 2.15. The smallest absolute Gasteiger partial charge is 0.410 e. The van der Waals surface area contributed by atoms with Crippen LogP contribution in [0.1, 0.15) is 33.6 Å². The van der Waals surface area contributed by atoms with E-state index in [0.29, 0.717) is 10.9 Å². The Labute approximate surface area is 118 Å². The van der Waals surface area contributed by atoms with Crippen LogP contribution in [0.4, 0.5) is 4.79 Å². The average molecular weight is 319 g/mol. The van der Waals surface area contributed by atoms with Gasteiger partial charge in [-0.15, -0.1) is 0 Å². The molecule has 2 fully saturated rings. The van der Waals surface area contributed by atoms with E-state index in [2.05, 4.69) is 20.8 Å². The standard InChI is InChI=1S/C13H23BrN2O2/c1-13(2,3)18-12(17)16-8-11(9-16)15-6-4-10(14)5-7-15/h10-11H,4-9H2,1-3H3. The summed E-state index contributed by atoms with van der Waals surface area (Å²) < 4.78 is 5.36. The van der Waals surface area contributed by atoms with Gasteiger partial charge in [0.05, 0.1) is 0 Å². The van der Waals surface area contributed by atoms with Crippen LogP contribution in [0.3, 0.4) is 0 Å². The quantitative estimate of drug-likeness (QED) is 0.696. The van der Waals surface area contributed by atoms with Crippen molar-refractivity contribution in [3.8, 4) is 0 Å². The van der Waals surface area contributed by atoms with Crippen molar-refractivity contribution in [2.45, 2.75) is 50.1 Å². The van der Waals surface area contributed by atoms with Crippen LogP contribution in [-0.2, 0) is 4.74 Å². The molecule has 0 aliphatic carbocycles. The third-order valence-corrected chi connectivity index (χ3v) is 4.41. The van der Waals surface area contributed by atoms with Crippen molar-refractivity contribution in [1.82, 2.24) is 9.80 Å². The summed E-state index contributed by atoms with van der Waals surface area (Å²) in [6.07, 6.45) is 2.25. The van der Waals surface area contributed by atoms with Gasteiger partial charge in [0.25, 0.3) is 0 Å². The maximum atomic E-state index is 11.8. The third kappa shape index (κ3) is 3.60. The van der Waals surface area contributed by atoms with E-state index in [1.54, 1.807) is 4.90 Å². The Morgan fingerprint density at radius 3 is 2.28 bits per heavy atom. The lowest BCUT2D eigenvalue weighted by Crippen LogP contribution is -2.62. The van der Waals surface area contributed by atoms with Crippen LogP contribution in [0.5, 0.6) is 0 Å². The number of ether oxygens (including phenoxy) is 1. The number of piperidine rings is 1. The largest absolute Gasteiger partial charge is 0.444 e. The van der Waals surface area contributed by atoms with Gasteiger partial charge < -0.3 is 9.64 Å². The summed E-state index contributed by atoms with van der Waals surface area (Å²) in [7, 11) is 0. The van der Waals surface area contributed by atoms with Crippen LogP contribution in [-0.4, -0.2) is 58.5 Å². The maximum Gasteiger partial charge on any atom is 0.410 e. The lowest BCUT2D eigenvalue weighted by Gasteiger charge is -2.47. The number of carbonyl (C=O) groups excluding carboxylic acids is 1. The zero-order valence-corrected chi connectivity index (χ0v) is 13.1. The fourth-order valence-corrected chi connectivity index (χ4v) is 2.80. The minimum Gasteiger partial charge on any atom is -0.444 e. The van der Waals surface area contributed by atoms with Crippen LogP contribution in [0.25, 0.3) is 0 Å². The molecule has 0 atom stereocenters. The zero-order chi connectivity index (χ0) is 13.3. The molecule has 2 saturated heterocycles. The first kappa shape index (κ1) is 14.1. The lowest BCUT2D eigenvalue weighted by molar-refractivity contribution is -0.0182. The summed E-state index contributed by atoms with van der Waals surface area (Å²) in [5, 5.41) is 0. The van der Waals surface area contributed by atoms with Crippen LogP contribution in [0, 0.1) is 0 Å². The Kier molecular flexibility index (Phi) is 4.22. The second-order valence-electron chi connectivity index (χ2n) is 6.25. The Morgan fingerprint density at radius 2 is 1.78 bits per heavy atom. The molecule has 0 N–H and O–H groups in total. The molecular weight excluding hydrogens is 296 g/mol. The lowest BCUT2D eigenvalue weighted by atomic mass is 10.0. The second-order valence-corrected chi connectivity index (χ2v) is 7.54. The number of rotatable bonds is 1. The summed E-state index contributed by atoms with van der Waals surface area (Å²) in [5.74, 6) is 0. The molecular formula is C13H23BrN2O2. The van der Waals surface area contributed by atoms with Crippen molar-refractivity contribution in [2.75, 3.05) is 26.2 Å². The SMILES string of the molecule is CC(C)(C)OC(=O)N1CC(N2CCC(Br)CC2)C1. The molecule has 0 spiro atoms. The fraction of sp³-hybridized carbons (Fsp3) is 0.923. The number of hydrogen-bond donors (Lipinski definition) is 0. The van der Waals surface area contributed by atoms with E-state index < -0.39 is 5.60 Å². The van der Waals surface area contributed by atoms with Gasteiger partial charge >= 0.3 is 6.09 Å². The Hall–Kier alpha value is -0.290. The molecule has 1 amide bonds. The molecule has 0 bridgehead atoms. The number of carbonyl (C=O) groups is 1. The van der Waals surface area contributed by atoms with Gasteiger partial charge in [-0.1, -0.05) is 15.9 Å². The first-order valence-electron chi connectivity index (χ1n) is 6.71. The van der Waals surface area contributed by atoms with Crippen LogP contribution in [0.2, 0.25) is 0 Å². The predicted octanol–water partition coefficient (Wildman–Crippen LogP) is 2.47. The number of amides is 1. The van der Waals surface area contributed by atoms with Gasteiger partial charge in [-0.2, -0.15) is 0 Å². The van der Waals surface area contributed by atoms with Crippen molar-refractivity contribution in [3.05, 3.63) is 0 Å². The van der Waals surface area contributed by atoms with Crippen molar-refractivity contribution in [1.29, 1.82) is 0 Å². The molecule has 0 aromatic rings. The molecule has 104 valence electrons. The molecule has 2 aliphatic heterocycles. The number of alkyl halides is 1. The predicted molar refractivity (Wildman–Crippen MR) is 75.1 cm³/mol. The summed E-state index contributed by atoms with van der Waals surface area (Å²) in [6, 6.07) is 0.539. The molecule has 5 heteroatoms. The van der Waals surface area contributed by atoms with Crippen molar-refractivity contribution in [2.24, 2.45) is 0 Å². The van der Waals surface area contributed by atoms with E-state index in [4.69, 9.17) is 4.74 Å². The highest BCUT2D eigenvalue weighted by Gasteiger charge is 2.37. The highest BCUT2D eigenvalue weighted by molar-refractivity contribution is 9.09. The molecule has 18 heavy (non-hydrogen) atoms. The maximum absolute atomic E-state index is 11.8. The van der Waals surface area contributed by atoms with Crippen LogP contribution >= 0.6 is 15.9 Å². The number of hydrogen-bond acceptors (Lipinski definition) is 3. The van der Waals surface area contributed by atoms with E-state index in [1.165, 1.54) is 12.8 Å². The van der Waals surface area contributed by atoms with E-state index in [0.717, 1.165) is 26.2 Å². The minimum absolute atomic E-state index is 0.172. The molecule has 0 radical (unpaired) electrons. The van der Waals surface area contributed by atoms with Gasteiger partial charge in [0.2, 0.25) is 0 Å². The van der Waals surface area contributed by atoms with E-state index >= 15 is 0 Å². The van der Waals surface area contributed by atoms with Gasteiger partial charge in [-0.05, 0) is 46.7 Å². The minimum atomic E-state index is -0.392. The monoisotopic (exact) mass is 318 g/mol. The first-order valence-corrected chi connectivity index (χ1v) is 7.63. The van der Waals surface area contributed by atoms with Crippen LogP contribution in [0.15, 0.2) is 0 Å². The first-order chi connectivity index (χ1) is 8.35. The highest BCUT2D eigenvalue weighted by atomic mass is 79.9. The van der Waals surface area contributed by atoms with Gasteiger partial charge in [-0.25, -0.2) is 4.79 Å².